The third-order valence-corrected chi connectivity index (χ3v) is 5.22. The van der Waals surface area contributed by atoms with Gasteiger partial charge in [0.05, 0.1) is 11.4 Å². The summed E-state index contributed by atoms with van der Waals surface area (Å²) in [7, 11) is 1.38. The Morgan fingerprint density at radius 1 is 1.55 bits per heavy atom. The second-order valence-electron chi connectivity index (χ2n) is 5.05. The second kappa shape index (κ2) is 5.54. The molecule has 110 valence electrons. The number of carbonyl (C=O) groups excluding carboxylic acids is 1. The van der Waals surface area contributed by atoms with Crippen molar-refractivity contribution >= 4 is 23.2 Å². The quantitative estimate of drug-likeness (QED) is 0.922. The fraction of sp³-hybridized carbons (Fsp3) is 0.571. The van der Waals surface area contributed by atoms with E-state index in [4.69, 9.17) is 4.74 Å². The Balaban J connectivity index is 2.17. The number of likely N-dealkylation sites (tertiary alicyclic amines) is 1. The molecule has 0 spiro atoms. The van der Waals surface area contributed by atoms with Crippen molar-refractivity contribution in [3.8, 4) is 0 Å². The maximum atomic E-state index is 12.4. The Bertz CT molecular complexity index is 539. The van der Waals surface area contributed by atoms with Gasteiger partial charge in [-0.15, -0.1) is 11.3 Å². The highest BCUT2D eigenvalue weighted by atomic mass is 32.1. The van der Waals surface area contributed by atoms with E-state index >= 15 is 0 Å². The molecule has 1 aliphatic rings. The summed E-state index contributed by atoms with van der Waals surface area (Å²) in [5.41, 5.74) is -0.133. The monoisotopic (exact) mass is 297 g/mol. The average Bonchev–Trinajstić information content (AvgIpc) is 3.02. The molecule has 2 heterocycles. The van der Waals surface area contributed by atoms with Gasteiger partial charge in [-0.3, -0.25) is 4.79 Å². The van der Waals surface area contributed by atoms with Crippen molar-refractivity contribution in [2.75, 3.05) is 20.2 Å². The van der Waals surface area contributed by atoms with Gasteiger partial charge in [0.2, 0.25) is 0 Å². The van der Waals surface area contributed by atoms with Gasteiger partial charge in [0.1, 0.15) is 0 Å². The van der Waals surface area contributed by atoms with E-state index in [1.54, 1.807) is 4.90 Å². The Labute approximate surface area is 122 Å². The van der Waals surface area contributed by atoms with Crippen LogP contribution < -0.4 is 0 Å². The second-order valence-corrected chi connectivity index (χ2v) is 6.19. The number of hydrogen-bond donors (Lipinski definition) is 1. The van der Waals surface area contributed by atoms with Crippen molar-refractivity contribution in [2.45, 2.75) is 32.3 Å². The van der Waals surface area contributed by atoms with Gasteiger partial charge in [-0.05, 0) is 25.0 Å². The lowest BCUT2D eigenvalue weighted by molar-refractivity contribution is -0.160. The molecule has 1 aliphatic heterocycles. The van der Waals surface area contributed by atoms with E-state index in [2.05, 4.69) is 6.92 Å². The normalized spacial score (nSPS) is 22.2. The molecule has 1 amide bonds. The highest BCUT2D eigenvalue weighted by Crippen LogP contribution is 2.29. The summed E-state index contributed by atoms with van der Waals surface area (Å²) in [5.74, 6) is -1.11. The van der Waals surface area contributed by atoms with Crippen molar-refractivity contribution in [3.05, 3.63) is 21.4 Å². The molecule has 1 atom stereocenters. The Hall–Kier alpha value is -1.40. The van der Waals surface area contributed by atoms with E-state index in [-0.39, 0.29) is 12.5 Å². The van der Waals surface area contributed by atoms with E-state index < -0.39 is 11.6 Å². The minimum atomic E-state index is -1.25. The third-order valence-electron chi connectivity index (χ3n) is 3.85. The summed E-state index contributed by atoms with van der Waals surface area (Å²) < 4.78 is 5.14. The maximum absolute atomic E-state index is 12.4. The number of methoxy groups -OCH3 is 1. The van der Waals surface area contributed by atoms with E-state index in [1.807, 2.05) is 13.0 Å². The lowest BCUT2D eigenvalue weighted by atomic mass is 10.0. The minimum Gasteiger partial charge on any atom is -0.479 e. The van der Waals surface area contributed by atoms with E-state index in [0.717, 1.165) is 12.0 Å². The first-order valence-electron chi connectivity index (χ1n) is 6.60. The first-order valence-corrected chi connectivity index (χ1v) is 7.42. The molecule has 5 nitrogen and oxygen atoms in total. The van der Waals surface area contributed by atoms with Crippen LogP contribution in [0.15, 0.2) is 6.07 Å². The van der Waals surface area contributed by atoms with E-state index in [0.29, 0.717) is 17.8 Å². The molecule has 2 rings (SSSR count). The zero-order valence-corrected chi connectivity index (χ0v) is 12.7. The first kappa shape index (κ1) is 15.0. The summed E-state index contributed by atoms with van der Waals surface area (Å²) in [6.45, 7) is 4.57. The molecule has 0 saturated carbocycles. The van der Waals surface area contributed by atoms with Crippen molar-refractivity contribution in [3.63, 3.8) is 0 Å². The fourth-order valence-corrected chi connectivity index (χ4v) is 3.60. The van der Waals surface area contributed by atoms with Crippen LogP contribution in [0.25, 0.3) is 0 Å². The zero-order valence-electron chi connectivity index (χ0n) is 11.9. The van der Waals surface area contributed by atoms with Crippen molar-refractivity contribution in [1.82, 2.24) is 4.90 Å². The number of aryl methyl sites for hydroxylation is 2. The summed E-state index contributed by atoms with van der Waals surface area (Å²) in [4.78, 5) is 27.2. The number of hydrogen-bond acceptors (Lipinski definition) is 4. The first-order chi connectivity index (χ1) is 9.43. The van der Waals surface area contributed by atoms with Crippen LogP contribution in [-0.2, 0) is 16.0 Å². The predicted octanol–water partition coefficient (Wildman–Crippen LogP) is 1.93. The van der Waals surface area contributed by atoms with Gasteiger partial charge in [0.25, 0.3) is 5.91 Å². The molecular formula is C14H19NO4S. The van der Waals surface area contributed by atoms with Crippen molar-refractivity contribution < 1.29 is 19.4 Å². The lowest BCUT2D eigenvalue weighted by Crippen LogP contribution is -2.44. The van der Waals surface area contributed by atoms with Crippen molar-refractivity contribution in [1.29, 1.82) is 0 Å². The standard InChI is InChI=1S/C14H19NO4S/c1-4-10-9(2)7-11(20-10)12(16)15-6-5-14(8-15,19-3)13(17)18/h7H,4-6,8H2,1-3H3,(H,17,18). The molecule has 0 bridgehead atoms. The zero-order chi connectivity index (χ0) is 14.9. The molecule has 1 aromatic rings. The van der Waals surface area contributed by atoms with Gasteiger partial charge < -0.3 is 14.7 Å². The van der Waals surface area contributed by atoms with Crippen LogP contribution in [0, 0.1) is 6.92 Å². The molecule has 1 saturated heterocycles. The van der Waals surface area contributed by atoms with Crippen LogP contribution in [0.1, 0.15) is 33.5 Å². The Morgan fingerprint density at radius 2 is 2.25 bits per heavy atom. The van der Waals surface area contributed by atoms with Crippen LogP contribution in [0.5, 0.6) is 0 Å². The van der Waals surface area contributed by atoms with Crippen LogP contribution in [0.4, 0.5) is 0 Å². The fourth-order valence-electron chi connectivity index (χ4n) is 2.52. The molecule has 1 N–H and O–H groups in total. The molecule has 0 aliphatic carbocycles. The highest BCUT2D eigenvalue weighted by Gasteiger charge is 2.47. The van der Waals surface area contributed by atoms with Gasteiger partial charge in [0, 0.05) is 25.0 Å². The lowest BCUT2D eigenvalue weighted by Gasteiger charge is -2.22. The molecule has 0 aromatic carbocycles. The number of rotatable bonds is 4. The van der Waals surface area contributed by atoms with Crippen LogP contribution in [-0.4, -0.2) is 47.7 Å². The van der Waals surface area contributed by atoms with Crippen LogP contribution >= 0.6 is 11.3 Å². The number of thiophene rings is 1. The molecule has 1 aromatic heterocycles. The number of ether oxygens (including phenoxy) is 1. The van der Waals surface area contributed by atoms with Crippen molar-refractivity contribution in [2.24, 2.45) is 0 Å². The van der Waals surface area contributed by atoms with Gasteiger partial charge in [-0.2, -0.15) is 0 Å². The molecular weight excluding hydrogens is 278 g/mol. The largest absolute Gasteiger partial charge is 0.479 e. The summed E-state index contributed by atoms with van der Waals surface area (Å²) in [6, 6.07) is 1.89. The summed E-state index contributed by atoms with van der Waals surface area (Å²) in [5, 5.41) is 9.26. The van der Waals surface area contributed by atoms with Gasteiger partial charge in [-0.25, -0.2) is 4.79 Å². The summed E-state index contributed by atoms with van der Waals surface area (Å²) in [6.07, 6.45) is 1.23. The minimum absolute atomic E-state index is 0.0991. The SMILES string of the molecule is CCc1sc(C(=O)N2CCC(OC)(C(=O)O)C2)cc1C. The molecule has 20 heavy (non-hydrogen) atoms. The predicted molar refractivity (Wildman–Crippen MR) is 76.3 cm³/mol. The highest BCUT2D eigenvalue weighted by molar-refractivity contribution is 7.14. The molecule has 0 radical (unpaired) electrons. The Morgan fingerprint density at radius 3 is 2.70 bits per heavy atom. The van der Waals surface area contributed by atoms with Gasteiger partial charge >= 0.3 is 5.97 Å². The third kappa shape index (κ3) is 2.45. The Kier molecular flexibility index (Phi) is 4.15. The number of aliphatic carboxylic acids is 1. The summed E-state index contributed by atoms with van der Waals surface area (Å²) >= 11 is 1.49. The molecule has 1 fully saturated rings. The average molecular weight is 297 g/mol. The van der Waals surface area contributed by atoms with E-state index in [1.165, 1.54) is 23.3 Å². The van der Waals surface area contributed by atoms with Gasteiger partial charge in [-0.1, -0.05) is 6.92 Å². The number of carbonyl (C=O) groups is 2. The van der Waals surface area contributed by atoms with Gasteiger partial charge in [0.15, 0.2) is 5.60 Å². The van der Waals surface area contributed by atoms with Crippen LogP contribution in [0.2, 0.25) is 0 Å². The van der Waals surface area contributed by atoms with Crippen LogP contribution in [0.3, 0.4) is 0 Å². The number of amides is 1. The molecule has 1 unspecified atom stereocenters. The number of carboxylic acids is 1. The topological polar surface area (TPSA) is 66.8 Å². The molecule has 6 heteroatoms. The number of carboxylic acid groups (broad SMARTS) is 1. The van der Waals surface area contributed by atoms with E-state index in [9.17, 15) is 14.7 Å². The number of nitrogens with zero attached hydrogens (tertiary/aromatic N) is 1. The smallest absolute Gasteiger partial charge is 0.337 e. The maximum Gasteiger partial charge on any atom is 0.337 e.